The summed E-state index contributed by atoms with van der Waals surface area (Å²) >= 11 is 3.43. The van der Waals surface area contributed by atoms with Gasteiger partial charge in [-0.05, 0) is 43.7 Å². The summed E-state index contributed by atoms with van der Waals surface area (Å²) in [5.74, 6) is -0.0537. The van der Waals surface area contributed by atoms with Crippen LogP contribution in [0.4, 0.5) is 17.1 Å². The van der Waals surface area contributed by atoms with Crippen molar-refractivity contribution in [3.63, 3.8) is 0 Å². The minimum atomic E-state index is -0.520. The van der Waals surface area contributed by atoms with E-state index in [1.807, 2.05) is 25.1 Å². The molecular formula is C17H18BrN3O4. The Morgan fingerprint density at radius 2 is 2.00 bits per heavy atom. The van der Waals surface area contributed by atoms with Crippen LogP contribution in [0.5, 0.6) is 5.75 Å². The van der Waals surface area contributed by atoms with Crippen molar-refractivity contribution in [2.75, 3.05) is 17.7 Å². The van der Waals surface area contributed by atoms with Crippen LogP contribution in [0.25, 0.3) is 0 Å². The van der Waals surface area contributed by atoms with E-state index in [1.165, 1.54) is 25.3 Å². The largest absolute Gasteiger partial charge is 0.494 e. The van der Waals surface area contributed by atoms with Crippen molar-refractivity contribution in [3.8, 4) is 5.75 Å². The molecule has 0 saturated heterocycles. The third-order valence-electron chi connectivity index (χ3n) is 3.59. The molecule has 0 radical (unpaired) electrons. The van der Waals surface area contributed by atoms with E-state index in [9.17, 15) is 14.9 Å². The fourth-order valence-corrected chi connectivity index (χ4v) is 2.43. The number of hydrogen-bond donors (Lipinski definition) is 2. The van der Waals surface area contributed by atoms with Gasteiger partial charge in [0.1, 0.15) is 11.8 Å². The van der Waals surface area contributed by atoms with Crippen LogP contribution in [0.2, 0.25) is 0 Å². The van der Waals surface area contributed by atoms with Crippen molar-refractivity contribution in [2.24, 2.45) is 0 Å². The number of ether oxygens (including phenoxy) is 1. The predicted octanol–water partition coefficient (Wildman–Crippen LogP) is 4.11. The lowest BCUT2D eigenvalue weighted by Crippen LogP contribution is -2.32. The van der Waals surface area contributed by atoms with E-state index in [-0.39, 0.29) is 17.3 Å². The quantitative estimate of drug-likeness (QED) is 0.554. The topological polar surface area (TPSA) is 93.5 Å². The third kappa shape index (κ3) is 4.69. The molecule has 2 N–H and O–H groups in total. The first-order chi connectivity index (χ1) is 11.8. The summed E-state index contributed by atoms with van der Waals surface area (Å²) in [5.41, 5.74) is 2.14. The second-order valence-corrected chi connectivity index (χ2v) is 6.32. The van der Waals surface area contributed by atoms with E-state index in [4.69, 9.17) is 4.74 Å². The van der Waals surface area contributed by atoms with Crippen molar-refractivity contribution in [1.82, 2.24) is 0 Å². The molecule has 25 heavy (non-hydrogen) atoms. The van der Waals surface area contributed by atoms with Gasteiger partial charge in [-0.25, -0.2) is 0 Å². The van der Waals surface area contributed by atoms with E-state index in [1.54, 1.807) is 6.92 Å². The summed E-state index contributed by atoms with van der Waals surface area (Å²) in [4.78, 5) is 22.7. The van der Waals surface area contributed by atoms with Crippen LogP contribution in [-0.4, -0.2) is 24.0 Å². The minimum Gasteiger partial charge on any atom is -0.494 e. The zero-order valence-electron chi connectivity index (χ0n) is 14.0. The molecule has 0 aliphatic heterocycles. The number of rotatable bonds is 6. The average molecular weight is 408 g/mol. The van der Waals surface area contributed by atoms with Gasteiger partial charge in [-0.1, -0.05) is 15.9 Å². The lowest BCUT2D eigenvalue weighted by Gasteiger charge is -2.17. The molecule has 0 aliphatic carbocycles. The molecule has 2 aromatic rings. The molecule has 0 heterocycles. The molecule has 1 amide bonds. The van der Waals surface area contributed by atoms with Crippen LogP contribution in [0.15, 0.2) is 40.9 Å². The third-order valence-corrected chi connectivity index (χ3v) is 4.48. The molecule has 8 heteroatoms. The number of benzene rings is 2. The van der Waals surface area contributed by atoms with Crippen LogP contribution < -0.4 is 15.4 Å². The number of anilines is 2. The monoisotopic (exact) mass is 407 g/mol. The van der Waals surface area contributed by atoms with E-state index in [0.717, 1.165) is 15.7 Å². The zero-order valence-corrected chi connectivity index (χ0v) is 15.6. The number of aryl methyl sites for hydroxylation is 1. The molecule has 0 fully saturated rings. The van der Waals surface area contributed by atoms with E-state index in [0.29, 0.717) is 5.69 Å². The highest BCUT2D eigenvalue weighted by Gasteiger charge is 2.17. The second kappa shape index (κ2) is 7.98. The number of nitrogens with one attached hydrogen (secondary N) is 2. The van der Waals surface area contributed by atoms with Gasteiger partial charge in [-0.15, -0.1) is 0 Å². The molecule has 0 aliphatic rings. The molecule has 0 unspecified atom stereocenters. The molecule has 1 atom stereocenters. The minimum absolute atomic E-state index is 0.105. The lowest BCUT2D eigenvalue weighted by atomic mass is 10.2. The molecular weight excluding hydrogens is 390 g/mol. The number of halogens is 1. The van der Waals surface area contributed by atoms with Crippen molar-refractivity contribution < 1.29 is 14.5 Å². The molecule has 0 spiro atoms. The Balaban J connectivity index is 2.10. The first-order valence-corrected chi connectivity index (χ1v) is 8.27. The van der Waals surface area contributed by atoms with Gasteiger partial charge in [0.15, 0.2) is 0 Å². The number of carbonyl (C=O) groups is 1. The van der Waals surface area contributed by atoms with Crippen LogP contribution in [-0.2, 0) is 4.79 Å². The highest BCUT2D eigenvalue weighted by atomic mass is 79.9. The number of methoxy groups -OCH3 is 1. The summed E-state index contributed by atoms with van der Waals surface area (Å²) in [6.45, 7) is 3.69. The van der Waals surface area contributed by atoms with Crippen LogP contribution in [0.1, 0.15) is 12.5 Å². The van der Waals surface area contributed by atoms with Crippen LogP contribution >= 0.6 is 15.9 Å². The van der Waals surface area contributed by atoms with Gasteiger partial charge >= 0.3 is 0 Å². The Bertz CT molecular complexity index is 810. The predicted molar refractivity (Wildman–Crippen MR) is 100 cm³/mol. The maximum atomic E-state index is 12.4. The molecule has 0 aromatic heterocycles. The van der Waals surface area contributed by atoms with Gasteiger partial charge in [-0.2, -0.15) is 0 Å². The molecule has 2 rings (SSSR count). The first-order valence-electron chi connectivity index (χ1n) is 7.48. The number of nitro benzene ring substituents is 1. The van der Waals surface area contributed by atoms with Crippen molar-refractivity contribution in [1.29, 1.82) is 0 Å². The number of nitrogens with zero attached hydrogens (tertiary/aromatic N) is 1. The van der Waals surface area contributed by atoms with Gasteiger partial charge in [0, 0.05) is 16.2 Å². The highest BCUT2D eigenvalue weighted by molar-refractivity contribution is 9.10. The smallest absolute Gasteiger partial charge is 0.273 e. The summed E-state index contributed by atoms with van der Waals surface area (Å²) < 4.78 is 6.11. The maximum Gasteiger partial charge on any atom is 0.273 e. The molecule has 132 valence electrons. The van der Waals surface area contributed by atoms with E-state index < -0.39 is 11.0 Å². The summed E-state index contributed by atoms with van der Waals surface area (Å²) in [5, 5.41) is 16.6. The molecule has 0 bridgehead atoms. The Kier molecular flexibility index (Phi) is 5.97. The molecule has 2 aromatic carbocycles. The fraction of sp³-hybridized carbons (Fsp3) is 0.235. The van der Waals surface area contributed by atoms with Gasteiger partial charge in [0.25, 0.3) is 5.69 Å². The molecule has 7 nitrogen and oxygen atoms in total. The number of amides is 1. The Morgan fingerprint density at radius 1 is 1.28 bits per heavy atom. The highest BCUT2D eigenvalue weighted by Crippen LogP contribution is 2.29. The summed E-state index contributed by atoms with van der Waals surface area (Å²) in [7, 11) is 1.39. The fourth-order valence-electron chi connectivity index (χ4n) is 2.19. The SMILES string of the molecule is COc1cc([N+](=O)[O-])ccc1NC(=O)[C@@H](C)Nc1ccc(Br)c(C)c1. The van der Waals surface area contributed by atoms with E-state index in [2.05, 4.69) is 26.6 Å². The van der Waals surface area contributed by atoms with Crippen molar-refractivity contribution >= 4 is 38.9 Å². The summed E-state index contributed by atoms with van der Waals surface area (Å²) in [6, 6.07) is 9.22. The van der Waals surface area contributed by atoms with Crippen LogP contribution in [0.3, 0.4) is 0 Å². The number of nitro groups is 1. The molecule has 0 saturated carbocycles. The normalized spacial score (nSPS) is 11.5. The van der Waals surface area contributed by atoms with Gasteiger partial charge in [-0.3, -0.25) is 14.9 Å². The second-order valence-electron chi connectivity index (χ2n) is 5.46. The Labute approximate surface area is 153 Å². The maximum absolute atomic E-state index is 12.4. The Morgan fingerprint density at radius 3 is 2.60 bits per heavy atom. The Hall–Kier alpha value is -2.61. The number of non-ortho nitro benzene ring substituents is 1. The lowest BCUT2D eigenvalue weighted by molar-refractivity contribution is -0.384. The summed E-state index contributed by atoms with van der Waals surface area (Å²) in [6.07, 6.45) is 0. The van der Waals surface area contributed by atoms with E-state index >= 15 is 0 Å². The van der Waals surface area contributed by atoms with Crippen molar-refractivity contribution in [2.45, 2.75) is 19.9 Å². The first kappa shape index (κ1) is 18.7. The number of hydrogen-bond acceptors (Lipinski definition) is 5. The number of carbonyl (C=O) groups excluding carboxylic acids is 1. The van der Waals surface area contributed by atoms with Crippen molar-refractivity contribution in [3.05, 3.63) is 56.5 Å². The van der Waals surface area contributed by atoms with Gasteiger partial charge < -0.3 is 15.4 Å². The van der Waals surface area contributed by atoms with Gasteiger partial charge in [0.2, 0.25) is 5.91 Å². The zero-order chi connectivity index (χ0) is 18.6. The van der Waals surface area contributed by atoms with Gasteiger partial charge in [0.05, 0.1) is 23.8 Å². The average Bonchev–Trinajstić information content (AvgIpc) is 2.58. The standard InChI is InChI=1S/C17H18BrN3O4/c1-10-8-12(4-6-14(10)18)19-11(2)17(22)20-15-7-5-13(21(23)24)9-16(15)25-3/h4-9,11,19H,1-3H3,(H,20,22)/t11-/m1/s1. The van der Waals surface area contributed by atoms with Crippen LogP contribution in [0, 0.1) is 17.0 Å².